The van der Waals surface area contributed by atoms with Gasteiger partial charge in [0.05, 0.1) is 15.8 Å². The van der Waals surface area contributed by atoms with Crippen LogP contribution in [0.2, 0.25) is 5.02 Å². The van der Waals surface area contributed by atoms with Gasteiger partial charge in [0.2, 0.25) is 0 Å². The van der Waals surface area contributed by atoms with Gasteiger partial charge in [0, 0.05) is 5.02 Å². The summed E-state index contributed by atoms with van der Waals surface area (Å²) in [7, 11) is 0. The Kier molecular flexibility index (Phi) is 2.61. The highest BCUT2D eigenvalue weighted by Crippen LogP contribution is 2.37. The number of hydrogen-bond donors (Lipinski definition) is 2. The second kappa shape index (κ2) is 4.15. The fourth-order valence-corrected chi connectivity index (χ4v) is 2.85. The molecule has 0 amide bonds. The topological polar surface area (TPSA) is 53.4 Å². The summed E-state index contributed by atoms with van der Waals surface area (Å²) >= 11 is 7.35. The van der Waals surface area contributed by atoms with Gasteiger partial charge in [-0.1, -0.05) is 11.6 Å². The van der Waals surface area contributed by atoms with Gasteiger partial charge in [-0.25, -0.2) is 4.98 Å². The number of benzene rings is 2. The Morgan fingerprint density at radius 3 is 2.72 bits per heavy atom. The molecule has 3 rings (SSSR count). The number of nitrogens with zero attached hydrogens (tertiary/aromatic N) is 1. The second-order valence-corrected chi connectivity index (χ2v) is 5.30. The zero-order valence-corrected chi connectivity index (χ0v) is 10.7. The minimum atomic E-state index is 0.0953. The lowest BCUT2D eigenvalue weighted by Crippen LogP contribution is -1.77. The molecule has 0 unspecified atom stereocenters. The average Bonchev–Trinajstić information content (AvgIpc) is 2.74. The molecule has 2 aromatic carbocycles. The Labute approximate surface area is 112 Å². The first kappa shape index (κ1) is 11.3. The number of aromatic hydroxyl groups is 2. The van der Waals surface area contributed by atoms with Crippen LogP contribution in [0.25, 0.3) is 20.8 Å². The maximum Gasteiger partial charge on any atom is 0.128 e. The number of rotatable bonds is 1. The fourth-order valence-electron chi connectivity index (χ4n) is 1.71. The minimum Gasteiger partial charge on any atom is -0.508 e. The quantitative estimate of drug-likeness (QED) is 0.660. The lowest BCUT2D eigenvalue weighted by atomic mass is 10.2. The van der Waals surface area contributed by atoms with Crippen LogP contribution in [0.3, 0.4) is 0 Å². The molecule has 0 aliphatic carbocycles. The van der Waals surface area contributed by atoms with Crippen LogP contribution in [-0.4, -0.2) is 15.2 Å². The van der Waals surface area contributed by atoms with Crippen LogP contribution in [0.15, 0.2) is 36.4 Å². The van der Waals surface area contributed by atoms with Crippen molar-refractivity contribution in [1.29, 1.82) is 0 Å². The number of aromatic nitrogens is 1. The van der Waals surface area contributed by atoms with Crippen molar-refractivity contribution in [2.45, 2.75) is 0 Å². The maximum absolute atomic E-state index is 9.80. The third-order valence-corrected chi connectivity index (χ3v) is 3.86. The smallest absolute Gasteiger partial charge is 0.128 e. The monoisotopic (exact) mass is 277 g/mol. The molecule has 1 aromatic heterocycles. The normalized spacial score (nSPS) is 10.9. The summed E-state index contributed by atoms with van der Waals surface area (Å²) in [5, 5.41) is 20.5. The van der Waals surface area contributed by atoms with E-state index in [9.17, 15) is 10.2 Å². The number of phenols is 2. The zero-order chi connectivity index (χ0) is 12.7. The Hall–Kier alpha value is -1.78. The molecule has 0 spiro atoms. The van der Waals surface area contributed by atoms with Crippen LogP contribution < -0.4 is 0 Å². The Morgan fingerprint density at radius 2 is 1.89 bits per heavy atom. The zero-order valence-electron chi connectivity index (χ0n) is 9.09. The standard InChI is InChI=1S/C13H8ClNO2S/c14-7-1-4-12-10(5-7)15-13(18-12)9-6-8(16)2-3-11(9)17/h1-6,16-17H. The summed E-state index contributed by atoms with van der Waals surface area (Å²) in [6.45, 7) is 0. The van der Waals surface area contributed by atoms with Crippen LogP contribution in [0.4, 0.5) is 0 Å². The molecule has 3 nitrogen and oxygen atoms in total. The van der Waals surface area contributed by atoms with Crippen molar-refractivity contribution in [3.05, 3.63) is 41.4 Å². The van der Waals surface area contributed by atoms with E-state index in [0.717, 1.165) is 10.2 Å². The first-order chi connectivity index (χ1) is 8.63. The molecular formula is C13H8ClNO2S. The Bertz CT molecular complexity index is 739. The van der Waals surface area contributed by atoms with Crippen molar-refractivity contribution in [2.24, 2.45) is 0 Å². The van der Waals surface area contributed by atoms with E-state index in [2.05, 4.69) is 4.98 Å². The molecule has 1 heterocycles. The van der Waals surface area contributed by atoms with Crippen molar-refractivity contribution in [3.63, 3.8) is 0 Å². The third-order valence-electron chi connectivity index (χ3n) is 2.56. The van der Waals surface area contributed by atoms with E-state index in [0.29, 0.717) is 15.6 Å². The first-order valence-electron chi connectivity index (χ1n) is 5.22. The number of fused-ring (bicyclic) bond motifs is 1. The fraction of sp³-hybridized carbons (Fsp3) is 0. The molecule has 0 saturated heterocycles. The first-order valence-corrected chi connectivity index (χ1v) is 6.41. The summed E-state index contributed by atoms with van der Waals surface area (Å²) in [4.78, 5) is 4.41. The van der Waals surface area contributed by atoms with E-state index in [1.807, 2.05) is 6.07 Å². The van der Waals surface area contributed by atoms with Crippen LogP contribution >= 0.6 is 22.9 Å². The summed E-state index contributed by atoms with van der Waals surface area (Å²) < 4.78 is 0.983. The average molecular weight is 278 g/mol. The molecular weight excluding hydrogens is 270 g/mol. The lowest BCUT2D eigenvalue weighted by Gasteiger charge is -2.00. The van der Waals surface area contributed by atoms with Crippen LogP contribution in [-0.2, 0) is 0 Å². The van der Waals surface area contributed by atoms with Crippen molar-refractivity contribution in [1.82, 2.24) is 4.98 Å². The summed E-state index contributed by atoms with van der Waals surface area (Å²) in [6, 6.07) is 9.84. The van der Waals surface area contributed by atoms with Gasteiger partial charge in [0.25, 0.3) is 0 Å². The van der Waals surface area contributed by atoms with Crippen molar-refractivity contribution in [3.8, 4) is 22.1 Å². The van der Waals surface area contributed by atoms with Gasteiger partial charge < -0.3 is 10.2 Å². The molecule has 2 N–H and O–H groups in total. The van der Waals surface area contributed by atoms with Crippen LogP contribution in [0, 0.1) is 0 Å². The Balaban J connectivity index is 2.22. The van der Waals surface area contributed by atoms with Gasteiger partial charge in [0.1, 0.15) is 16.5 Å². The molecule has 3 aromatic rings. The Morgan fingerprint density at radius 1 is 1.06 bits per heavy atom. The molecule has 0 saturated carbocycles. The van der Waals surface area contributed by atoms with Gasteiger partial charge in [-0.3, -0.25) is 0 Å². The SMILES string of the molecule is Oc1ccc(O)c(-c2nc3cc(Cl)ccc3s2)c1. The minimum absolute atomic E-state index is 0.0953. The molecule has 0 aliphatic rings. The number of halogens is 1. The molecule has 0 fully saturated rings. The van der Waals surface area contributed by atoms with E-state index in [-0.39, 0.29) is 11.5 Å². The predicted octanol–water partition coefficient (Wildman–Crippen LogP) is 4.03. The maximum atomic E-state index is 9.80. The molecule has 0 atom stereocenters. The van der Waals surface area contributed by atoms with E-state index < -0.39 is 0 Å². The van der Waals surface area contributed by atoms with Crippen molar-refractivity contribution >= 4 is 33.2 Å². The molecule has 0 radical (unpaired) electrons. The van der Waals surface area contributed by atoms with Gasteiger partial charge in [-0.05, 0) is 36.4 Å². The van der Waals surface area contributed by atoms with Gasteiger partial charge >= 0.3 is 0 Å². The number of hydrogen-bond acceptors (Lipinski definition) is 4. The highest BCUT2D eigenvalue weighted by atomic mass is 35.5. The van der Waals surface area contributed by atoms with E-state index in [1.54, 1.807) is 12.1 Å². The molecule has 90 valence electrons. The third kappa shape index (κ3) is 1.89. The summed E-state index contributed by atoms with van der Waals surface area (Å²) in [6.07, 6.45) is 0. The van der Waals surface area contributed by atoms with Gasteiger partial charge in [0.15, 0.2) is 0 Å². The van der Waals surface area contributed by atoms with E-state index in [4.69, 9.17) is 11.6 Å². The van der Waals surface area contributed by atoms with Gasteiger partial charge in [-0.15, -0.1) is 11.3 Å². The molecule has 0 aliphatic heterocycles. The number of thiazole rings is 1. The van der Waals surface area contributed by atoms with Crippen molar-refractivity contribution in [2.75, 3.05) is 0 Å². The van der Waals surface area contributed by atoms with Gasteiger partial charge in [-0.2, -0.15) is 0 Å². The van der Waals surface area contributed by atoms with E-state index >= 15 is 0 Å². The number of phenolic OH excluding ortho intramolecular Hbond substituents is 2. The predicted molar refractivity (Wildman–Crippen MR) is 73.4 cm³/mol. The molecule has 0 bridgehead atoms. The summed E-state index contributed by atoms with van der Waals surface area (Å²) in [5.74, 6) is 0.193. The largest absolute Gasteiger partial charge is 0.508 e. The summed E-state index contributed by atoms with van der Waals surface area (Å²) in [5.41, 5.74) is 1.30. The lowest BCUT2D eigenvalue weighted by molar-refractivity contribution is 0.462. The molecule has 5 heteroatoms. The van der Waals surface area contributed by atoms with Crippen LogP contribution in [0.1, 0.15) is 0 Å². The van der Waals surface area contributed by atoms with E-state index in [1.165, 1.54) is 29.5 Å². The van der Waals surface area contributed by atoms with Crippen LogP contribution in [0.5, 0.6) is 11.5 Å². The highest BCUT2D eigenvalue weighted by Gasteiger charge is 2.11. The molecule has 18 heavy (non-hydrogen) atoms. The second-order valence-electron chi connectivity index (χ2n) is 3.83. The highest BCUT2D eigenvalue weighted by molar-refractivity contribution is 7.21. The van der Waals surface area contributed by atoms with Crippen molar-refractivity contribution < 1.29 is 10.2 Å².